The highest BCUT2D eigenvalue weighted by Crippen LogP contribution is 2.27. The molecule has 5 heteroatoms. The molecule has 0 saturated carbocycles. The van der Waals surface area contributed by atoms with E-state index >= 15 is 0 Å². The van der Waals surface area contributed by atoms with Crippen molar-refractivity contribution in [3.8, 4) is 5.75 Å². The molecular formula is C10H12N2O3. The van der Waals surface area contributed by atoms with Gasteiger partial charge in [-0.1, -0.05) is 0 Å². The summed E-state index contributed by atoms with van der Waals surface area (Å²) in [6, 6.07) is 1.61. The van der Waals surface area contributed by atoms with Gasteiger partial charge in [0.15, 0.2) is 0 Å². The smallest absolute Gasteiger partial charge is 0.228 e. The number of aryl methyl sites for hydroxylation is 1. The fourth-order valence-corrected chi connectivity index (χ4v) is 1.74. The first-order valence-corrected chi connectivity index (χ1v) is 4.81. The second-order valence-electron chi connectivity index (χ2n) is 3.45. The number of carbonyl (C=O) groups excluding carboxylic acids is 1. The highest BCUT2D eigenvalue weighted by Gasteiger charge is 2.24. The van der Waals surface area contributed by atoms with Gasteiger partial charge in [0.1, 0.15) is 11.6 Å². The first kappa shape index (κ1) is 9.92. The fourth-order valence-electron chi connectivity index (χ4n) is 1.74. The lowest BCUT2D eigenvalue weighted by Gasteiger charge is -2.27. The van der Waals surface area contributed by atoms with E-state index in [1.807, 2.05) is 0 Å². The summed E-state index contributed by atoms with van der Waals surface area (Å²) in [4.78, 5) is 17.0. The van der Waals surface area contributed by atoms with Crippen molar-refractivity contribution in [2.45, 2.75) is 12.8 Å². The molecule has 80 valence electrons. The Bertz CT molecular complexity index is 392. The van der Waals surface area contributed by atoms with Crippen LogP contribution in [0.15, 0.2) is 12.3 Å². The van der Waals surface area contributed by atoms with Gasteiger partial charge in [0.2, 0.25) is 5.91 Å². The van der Waals surface area contributed by atoms with E-state index in [2.05, 4.69) is 4.98 Å². The number of aromatic hydroxyl groups is 1. The van der Waals surface area contributed by atoms with E-state index in [0.717, 1.165) is 5.56 Å². The van der Waals surface area contributed by atoms with Crippen molar-refractivity contribution in [1.29, 1.82) is 0 Å². The maximum Gasteiger partial charge on any atom is 0.228 e. The number of fused-ring (bicyclic) bond motifs is 1. The van der Waals surface area contributed by atoms with E-state index in [0.29, 0.717) is 18.7 Å². The Hall–Kier alpha value is -1.62. The van der Waals surface area contributed by atoms with E-state index in [4.69, 9.17) is 5.11 Å². The third-order valence-corrected chi connectivity index (χ3v) is 2.42. The van der Waals surface area contributed by atoms with Crippen LogP contribution in [0.2, 0.25) is 0 Å². The Balaban J connectivity index is 2.39. The number of aromatic nitrogens is 1. The number of aliphatic hydroxyl groups is 1. The minimum absolute atomic E-state index is 0.0326. The van der Waals surface area contributed by atoms with Gasteiger partial charge in [-0.05, 0) is 18.1 Å². The molecule has 0 atom stereocenters. The summed E-state index contributed by atoms with van der Waals surface area (Å²) in [5, 5.41) is 18.1. The zero-order valence-electron chi connectivity index (χ0n) is 8.18. The van der Waals surface area contributed by atoms with Crippen LogP contribution >= 0.6 is 0 Å². The van der Waals surface area contributed by atoms with E-state index in [1.54, 1.807) is 6.07 Å². The molecule has 0 fully saturated rings. The van der Waals surface area contributed by atoms with Crippen LogP contribution in [-0.2, 0) is 11.2 Å². The highest BCUT2D eigenvalue weighted by atomic mass is 16.3. The van der Waals surface area contributed by atoms with E-state index in [1.165, 1.54) is 11.1 Å². The van der Waals surface area contributed by atoms with Gasteiger partial charge in [0.25, 0.3) is 0 Å². The number of hydrogen-bond acceptors (Lipinski definition) is 4. The monoisotopic (exact) mass is 208 g/mol. The van der Waals surface area contributed by atoms with Crippen LogP contribution in [0.3, 0.4) is 0 Å². The highest BCUT2D eigenvalue weighted by molar-refractivity contribution is 5.95. The zero-order valence-corrected chi connectivity index (χ0v) is 8.18. The van der Waals surface area contributed by atoms with Gasteiger partial charge in [0.05, 0.1) is 19.3 Å². The number of hydrogen-bond donors (Lipinski definition) is 2. The first-order chi connectivity index (χ1) is 7.22. The maximum absolute atomic E-state index is 11.5. The minimum Gasteiger partial charge on any atom is -0.506 e. The van der Waals surface area contributed by atoms with Crippen LogP contribution in [0, 0.1) is 0 Å². The van der Waals surface area contributed by atoms with Gasteiger partial charge < -0.3 is 10.2 Å². The summed E-state index contributed by atoms with van der Waals surface area (Å²) in [6.45, 7) is 0.164. The summed E-state index contributed by atoms with van der Waals surface area (Å²) in [5.41, 5.74) is 0.850. The second kappa shape index (κ2) is 3.86. The Kier molecular flexibility index (Phi) is 2.55. The standard InChI is InChI=1S/C10H12N2O3/c13-4-3-12-9(15)2-1-7-5-8(14)6-11-10(7)12/h5-6,13-14H,1-4H2. The minimum atomic E-state index is -0.0895. The number of amides is 1. The van der Waals surface area contributed by atoms with Gasteiger partial charge in [0, 0.05) is 6.42 Å². The van der Waals surface area contributed by atoms with Crippen molar-refractivity contribution in [1.82, 2.24) is 4.98 Å². The number of nitrogens with zero attached hydrogens (tertiary/aromatic N) is 2. The quantitative estimate of drug-likeness (QED) is 0.720. The van der Waals surface area contributed by atoms with Crippen LogP contribution in [0.5, 0.6) is 5.75 Å². The van der Waals surface area contributed by atoms with Gasteiger partial charge in [-0.15, -0.1) is 0 Å². The molecule has 0 saturated heterocycles. The number of carbonyl (C=O) groups is 1. The third-order valence-electron chi connectivity index (χ3n) is 2.42. The Morgan fingerprint density at radius 1 is 1.47 bits per heavy atom. The van der Waals surface area contributed by atoms with Crippen LogP contribution in [0.25, 0.3) is 0 Å². The molecule has 0 radical (unpaired) electrons. The molecule has 1 aliphatic rings. The molecule has 1 aromatic heterocycles. The number of β-amino-alcohol motifs (C(OH)–C–C–N with tert-alkyl or cyclic N) is 1. The number of rotatable bonds is 2. The first-order valence-electron chi connectivity index (χ1n) is 4.81. The molecule has 2 heterocycles. The summed E-state index contributed by atoms with van der Waals surface area (Å²) >= 11 is 0. The Morgan fingerprint density at radius 2 is 2.27 bits per heavy atom. The molecule has 0 spiro atoms. The lowest BCUT2D eigenvalue weighted by atomic mass is 10.1. The van der Waals surface area contributed by atoms with E-state index < -0.39 is 0 Å². The van der Waals surface area contributed by atoms with Crippen molar-refractivity contribution < 1.29 is 15.0 Å². The van der Waals surface area contributed by atoms with E-state index in [-0.39, 0.29) is 24.8 Å². The number of pyridine rings is 1. The summed E-state index contributed by atoms with van der Waals surface area (Å²) in [5.74, 6) is 0.625. The normalized spacial score (nSPS) is 15.3. The van der Waals surface area contributed by atoms with Crippen molar-refractivity contribution in [3.63, 3.8) is 0 Å². The van der Waals surface area contributed by atoms with Crippen molar-refractivity contribution >= 4 is 11.7 Å². The molecule has 2 rings (SSSR count). The lowest BCUT2D eigenvalue weighted by molar-refractivity contribution is -0.119. The summed E-state index contributed by atoms with van der Waals surface area (Å²) in [7, 11) is 0. The Labute approximate surface area is 87.0 Å². The van der Waals surface area contributed by atoms with Gasteiger partial charge >= 0.3 is 0 Å². The second-order valence-corrected chi connectivity index (χ2v) is 3.45. The largest absolute Gasteiger partial charge is 0.506 e. The van der Waals surface area contributed by atoms with Crippen LogP contribution < -0.4 is 4.90 Å². The number of aliphatic hydroxyl groups excluding tert-OH is 1. The van der Waals surface area contributed by atoms with E-state index in [9.17, 15) is 9.90 Å². The van der Waals surface area contributed by atoms with Gasteiger partial charge in [-0.3, -0.25) is 9.69 Å². The summed E-state index contributed by atoms with van der Waals surface area (Å²) in [6.07, 6.45) is 2.30. The van der Waals surface area contributed by atoms with Crippen LogP contribution in [0.4, 0.5) is 5.82 Å². The molecule has 2 N–H and O–H groups in total. The zero-order chi connectivity index (χ0) is 10.8. The average Bonchev–Trinajstić information content (AvgIpc) is 2.22. The molecule has 15 heavy (non-hydrogen) atoms. The molecule has 1 amide bonds. The molecule has 0 aromatic carbocycles. The van der Waals surface area contributed by atoms with Crippen molar-refractivity contribution in [2.24, 2.45) is 0 Å². The molecule has 5 nitrogen and oxygen atoms in total. The fraction of sp³-hybridized carbons (Fsp3) is 0.400. The van der Waals surface area contributed by atoms with Gasteiger partial charge in [-0.2, -0.15) is 0 Å². The molecule has 1 aromatic rings. The lowest BCUT2D eigenvalue weighted by Crippen LogP contribution is -2.37. The third kappa shape index (κ3) is 1.78. The molecular weight excluding hydrogens is 196 g/mol. The molecule has 1 aliphatic heterocycles. The molecule has 0 unspecified atom stereocenters. The predicted octanol–water partition coefficient (Wildman–Crippen LogP) is 0.0587. The van der Waals surface area contributed by atoms with Crippen molar-refractivity contribution in [2.75, 3.05) is 18.1 Å². The van der Waals surface area contributed by atoms with Gasteiger partial charge in [-0.25, -0.2) is 4.98 Å². The molecule has 0 aliphatic carbocycles. The predicted molar refractivity (Wildman–Crippen MR) is 53.7 cm³/mol. The average molecular weight is 208 g/mol. The topological polar surface area (TPSA) is 73.7 Å². The Morgan fingerprint density at radius 3 is 3.00 bits per heavy atom. The maximum atomic E-state index is 11.5. The summed E-state index contributed by atoms with van der Waals surface area (Å²) < 4.78 is 0. The SMILES string of the molecule is O=C1CCc2cc(O)cnc2N1CCO. The van der Waals surface area contributed by atoms with Crippen LogP contribution in [-0.4, -0.2) is 34.3 Å². The molecule has 0 bridgehead atoms. The van der Waals surface area contributed by atoms with Crippen molar-refractivity contribution in [3.05, 3.63) is 17.8 Å². The number of anilines is 1. The van der Waals surface area contributed by atoms with Crippen LogP contribution in [0.1, 0.15) is 12.0 Å².